The quantitative estimate of drug-likeness (QED) is 0.878. The van der Waals surface area contributed by atoms with E-state index >= 15 is 0 Å². The van der Waals surface area contributed by atoms with Crippen LogP contribution >= 0.6 is 0 Å². The van der Waals surface area contributed by atoms with Crippen molar-refractivity contribution < 1.29 is 9.53 Å². The van der Waals surface area contributed by atoms with Crippen LogP contribution in [0.2, 0.25) is 0 Å². The Morgan fingerprint density at radius 2 is 2.25 bits per heavy atom. The fraction of sp³-hybridized carbons (Fsp3) is 0.588. The highest BCUT2D eigenvalue weighted by Gasteiger charge is 2.32. The molecule has 4 rings (SSSR count). The summed E-state index contributed by atoms with van der Waals surface area (Å²) in [6.07, 6.45) is 6.08. The number of aromatic amines is 1. The van der Waals surface area contributed by atoms with Crippen molar-refractivity contribution in [1.29, 1.82) is 0 Å². The van der Waals surface area contributed by atoms with E-state index in [4.69, 9.17) is 4.74 Å². The Bertz CT molecular complexity index is 726. The summed E-state index contributed by atoms with van der Waals surface area (Å²) >= 11 is 0. The van der Waals surface area contributed by atoms with Crippen molar-refractivity contribution >= 4 is 5.91 Å². The second-order valence-corrected chi connectivity index (χ2v) is 6.85. The van der Waals surface area contributed by atoms with Crippen LogP contribution < -0.4 is 5.32 Å². The summed E-state index contributed by atoms with van der Waals surface area (Å²) in [6.45, 7) is 2.46. The standard InChI is InChI=1S/C17H23N5O2/c1-10-7-8-22(2)14(10)17(23)18-9-12-5-6-13(24-12)16-19-15(20-21-16)11-3-4-11/h7-8,11-13H,3-6,9H2,1-2H3,(H,18,23)(H,19,20,21)/t12-,13+/m1/s1. The van der Waals surface area contributed by atoms with Crippen molar-refractivity contribution in [2.75, 3.05) is 6.54 Å². The van der Waals surface area contributed by atoms with Crippen molar-refractivity contribution in [3.8, 4) is 0 Å². The Hall–Kier alpha value is -2.15. The first-order valence-corrected chi connectivity index (χ1v) is 8.59. The molecule has 1 amide bonds. The van der Waals surface area contributed by atoms with E-state index in [-0.39, 0.29) is 18.1 Å². The van der Waals surface area contributed by atoms with E-state index in [1.54, 1.807) is 0 Å². The molecule has 0 bridgehead atoms. The molecular weight excluding hydrogens is 306 g/mol. The number of nitrogens with one attached hydrogen (secondary N) is 2. The molecule has 0 spiro atoms. The smallest absolute Gasteiger partial charge is 0.268 e. The first-order chi connectivity index (χ1) is 11.6. The monoisotopic (exact) mass is 329 g/mol. The fourth-order valence-corrected chi connectivity index (χ4v) is 3.30. The largest absolute Gasteiger partial charge is 0.365 e. The van der Waals surface area contributed by atoms with Gasteiger partial charge in [-0.2, -0.15) is 5.10 Å². The van der Waals surface area contributed by atoms with Crippen LogP contribution in [0.1, 0.15) is 65.4 Å². The normalized spacial score (nSPS) is 23.6. The maximum atomic E-state index is 12.3. The van der Waals surface area contributed by atoms with Gasteiger partial charge in [0.05, 0.1) is 6.10 Å². The minimum absolute atomic E-state index is 0.0222. The predicted octanol–water partition coefficient (Wildman–Crippen LogP) is 1.98. The van der Waals surface area contributed by atoms with E-state index in [2.05, 4.69) is 20.5 Å². The van der Waals surface area contributed by atoms with Gasteiger partial charge >= 0.3 is 0 Å². The van der Waals surface area contributed by atoms with Crippen molar-refractivity contribution in [3.63, 3.8) is 0 Å². The van der Waals surface area contributed by atoms with Crippen molar-refractivity contribution in [2.24, 2.45) is 7.05 Å². The topological polar surface area (TPSA) is 84.8 Å². The van der Waals surface area contributed by atoms with Gasteiger partial charge < -0.3 is 14.6 Å². The average molecular weight is 329 g/mol. The van der Waals surface area contributed by atoms with Crippen LogP contribution in [0.15, 0.2) is 12.3 Å². The number of aryl methyl sites for hydroxylation is 2. The molecule has 1 aliphatic carbocycles. The molecule has 128 valence electrons. The summed E-state index contributed by atoms with van der Waals surface area (Å²) in [7, 11) is 1.88. The van der Waals surface area contributed by atoms with E-state index in [1.165, 1.54) is 12.8 Å². The van der Waals surface area contributed by atoms with Crippen LogP contribution in [0, 0.1) is 6.92 Å². The molecule has 2 aromatic heterocycles. The fourth-order valence-electron chi connectivity index (χ4n) is 3.30. The number of carbonyl (C=O) groups is 1. The molecule has 1 saturated heterocycles. The molecule has 2 N–H and O–H groups in total. The molecule has 0 unspecified atom stereocenters. The lowest BCUT2D eigenvalue weighted by Gasteiger charge is -2.13. The van der Waals surface area contributed by atoms with Gasteiger partial charge in [-0.3, -0.25) is 9.89 Å². The number of carbonyl (C=O) groups excluding carboxylic acids is 1. The lowest BCUT2D eigenvalue weighted by molar-refractivity contribution is 0.0391. The second kappa shape index (κ2) is 6.05. The highest BCUT2D eigenvalue weighted by atomic mass is 16.5. The number of hydrogen-bond donors (Lipinski definition) is 2. The maximum Gasteiger partial charge on any atom is 0.268 e. The number of amides is 1. The Morgan fingerprint density at radius 1 is 1.42 bits per heavy atom. The van der Waals surface area contributed by atoms with Crippen molar-refractivity contribution in [3.05, 3.63) is 35.2 Å². The summed E-state index contributed by atoms with van der Waals surface area (Å²) in [5.74, 6) is 2.23. The van der Waals surface area contributed by atoms with Crippen molar-refractivity contribution in [2.45, 2.75) is 50.7 Å². The van der Waals surface area contributed by atoms with Crippen LogP contribution in [0.25, 0.3) is 0 Å². The van der Waals surface area contributed by atoms with Gasteiger partial charge in [-0.05, 0) is 44.2 Å². The lowest BCUT2D eigenvalue weighted by Crippen LogP contribution is -2.33. The SMILES string of the molecule is Cc1ccn(C)c1C(=O)NC[C@H]1CC[C@@H](c2nc(C3CC3)n[nH]2)O1. The summed E-state index contributed by atoms with van der Waals surface area (Å²) < 4.78 is 7.88. The van der Waals surface area contributed by atoms with Crippen LogP contribution in [0.3, 0.4) is 0 Å². The molecule has 2 aromatic rings. The van der Waals surface area contributed by atoms with Crippen molar-refractivity contribution in [1.82, 2.24) is 25.1 Å². The maximum absolute atomic E-state index is 12.3. The minimum Gasteiger partial charge on any atom is -0.365 e. The Labute approximate surface area is 140 Å². The van der Waals surface area contributed by atoms with Gasteiger partial charge in [-0.15, -0.1) is 0 Å². The van der Waals surface area contributed by atoms with Gasteiger partial charge in [0.25, 0.3) is 5.91 Å². The molecule has 0 aromatic carbocycles. The third-order valence-corrected chi connectivity index (χ3v) is 4.85. The molecule has 7 heteroatoms. The average Bonchev–Trinajstić information content (AvgIpc) is 2.98. The molecule has 2 atom stereocenters. The number of H-pyrrole nitrogens is 1. The van der Waals surface area contributed by atoms with E-state index in [1.807, 2.05) is 30.8 Å². The van der Waals surface area contributed by atoms with E-state index in [0.717, 1.165) is 30.1 Å². The first-order valence-electron chi connectivity index (χ1n) is 8.59. The van der Waals surface area contributed by atoms with Gasteiger partial charge in [0.2, 0.25) is 0 Å². The van der Waals surface area contributed by atoms with E-state index < -0.39 is 0 Å². The number of aromatic nitrogens is 4. The molecular formula is C17H23N5O2. The van der Waals surface area contributed by atoms with Crippen LogP contribution in [-0.4, -0.2) is 38.3 Å². The number of nitrogens with zero attached hydrogens (tertiary/aromatic N) is 3. The predicted molar refractivity (Wildman–Crippen MR) is 87.7 cm³/mol. The minimum atomic E-state index is -0.0530. The zero-order valence-electron chi connectivity index (χ0n) is 14.1. The van der Waals surface area contributed by atoms with Crippen LogP contribution in [0.5, 0.6) is 0 Å². The number of rotatable bonds is 5. The van der Waals surface area contributed by atoms with Gasteiger partial charge in [-0.25, -0.2) is 4.98 Å². The summed E-state index contributed by atoms with van der Waals surface area (Å²) in [5, 5.41) is 10.3. The molecule has 0 radical (unpaired) electrons. The van der Waals surface area contributed by atoms with Gasteiger partial charge in [0, 0.05) is 25.7 Å². The summed E-state index contributed by atoms with van der Waals surface area (Å²) in [6, 6.07) is 1.94. The van der Waals surface area contributed by atoms with E-state index in [0.29, 0.717) is 18.2 Å². The highest BCUT2D eigenvalue weighted by Crippen LogP contribution is 2.39. The number of hydrogen-bond acceptors (Lipinski definition) is 4. The van der Waals surface area contributed by atoms with Crippen LogP contribution in [0.4, 0.5) is 0 Å². The Morgan fingerprint density at radius 3 is 2.96 bits per heavy atom. The molecule has 24 heavy (non-hydrogen) atoms. The molecule has 2 aliphatic rings. The Kier molecular flexibility index (Phi) is 3.88. The molecule has 3 heterocycles. The molecule has 1 aliphatic heterocycles. The molecule has 2 fully saturated rings. The first kappa shape index (κ1) is 15.4. The summed E-state index contributed by atoms with van der Waals surface area (Å²) in [4.78, 5) is 16.9. The third kappa shape index (κ3) is 2.96. The summed E-state index contributed by atoms with van der Waals surface area (Å²) in [5.41, 5.74) is 1.68. The van der Waals surface area contributed by atoms with Gasteiger partial charge in [0.1, 0.15) is 11.8 Å². The number of ether oxygens (including phenoxy) is 1. The zero-order valence-corrected chi connectivity index (χ0v) is 14.1. The van der Waals surface area contributed by atoms with Crippen LogP contribution in [-0.2, 0) is 11.8 Å². The van der Waals surface area contributed by atoms with Gasteiger partial charge in [-0.1, -0.05) is 0 Å². The molecule has 1 saturated carbocycles. The lowest BCUT2D eigenvalue weighted by atomic mass is 10.2. The highest BCUT2D eigenvalue weighted by molar-refractivity contribution is 5.94. The van der Waals surface area contributed by atoms with Gasteiger partial charge in [0.15, 0.2) is 11.6 Å². The molecule has 7 nitrogen and oxygen atoms in total. The Balaban J connectivity index is 1.31. The third-order valence-electron chi connectivity index (χ3n) is 4.85. The zero-order chi connectivity index (χ0) is 16.7. The second-order valence-electron chi connectivity index (χ2n) is 6.85. The van der Waals surface area contributed by atoms with E-state index in [9.17, 15) is 4.79 Å².